The standard InChI is InChI=1S/C18H28N4O4S.HI/c1-3-26-16-7-5-4-6-14(16)12-21-18(19-2)20-10-8-17(23)22-15-9-11-27(24,25)13-15;/h4-7,15H,3,8-13H2,1-2H3,(H,22,23)(H2,19,20,21);1H. The first-order valence-electron chi connectivity index (χ1n) is 9.08. The monoisotopic (exact) mass is 524 g/mol. The van der Waals surface area contributed by atoms with E-state index in [-0.39, 0.29) is 53.9 Å². The summed E-state index contributed by atoms with van der Waals surface area (Å²) in [5.74, 6) is 1.43. The lowest BCUT2D eigenvalue weighted by Crippen LogP contribution is -2.41. The van der Waals surface area contributed by atoms with E-state index < -0.39 is 9.84 Å². The van der Waals surface area contributed by atoms with E-state index in [9.17, 15) is 13.2 Å². The second kappa shape index (κ2) is 12.1. The van der Waals surface area contributed by atoms with Gasteiger partial charge in [0.1, 0.15) is 5.75 Å². The van der Waals surface area contributed by atoms with Gasteiger partial charge in [-0.3, -0.25) is 9.79 Å². The Hall–Kier alpha value is -1.56. The highest BCUT2D eigenvalue weighted by atomic mass is 127. The maximum Gasteiger partial charge on any atom is 0.222 e. The molecule has 0 radical (unpaired) electrons. The van der Waals surface area contributed by atoms with Gasteiger partial charge in [0.25, 0.3) is 0 Å². The van der Waals surface area contributed by atoms with Crippen molar-refractivity contribution in [2.45, 2.75) is 32.4 Å². The quantitative estimate of drug-likeness (QED) is 0.267. The minimum absolute atomic E-state index is 0. The molecule has 10 heteroatoms. The molecule has 0 saturated carbocycles. The maximum atomic E-state index is 12.0. The van der Waals surface area contributed by atoms with E-state index in [1.807, 2.05) is 31.2 Å². The van der Waals surface area contributed by atoms with Gasteiger partial charge in [-0.05, 0) is 19.4 Å². The van der Waals surface area contributed by atoms with Crippen molar-refractivity contribution >= 4 is 45.7 Å². The molecule has 1 unspecified atom stereocenters. The number of rotatable bonds is 8. The molecular formula is C18H29IN4O4S. The molecule has 158 valence electrons. The van der Waals surface area contributed by atoms with E-state index in [4.69, 9.17) is 4.74 Å². The predicted molar refractivity (Wildman–Crippen MR) is 121 cm³/mol. The molecule has 0 aromatic heterocycles. The molecule has 1 saturated heterocycles. The van der Waals surface area contributed by atoms with Gasteiger partial charge in [-0.25, -0.2) is 8.42 Å². The van der Waals surface area contributed by atoms with Crippen LogP contribution in [0.1, 0.15) is 25.3 Å². The molecule has 1 amide bonds. The first-order chi connectivity index (χ1) is 12.9. The van der Waals surface area contributed by atoms with E-state index in [1.54, 1.807) is 7.05 Å². The number of sulfone groups is 1. The van der Waals surface area contributed by atoms with Crippen molar-refractivity contribution in [1.29, 1.82) is 0 Å². The number of ether oxygens (including phenoxy) is 1. The van der Waals surface area contributed by atoms with Crippen molar-refractivity contribution in [3.63, 3.8) is 0 Å². The van der Waals surface area contributed by atoms with Crippen LogP contribution in [0, 0.1) is 0 Å². The number of hydrogen-bond donors (Lipinski definition) is 3. The van der Waals surface area contributed by atoms with Crippen molar-refractivity contribution in [2.24, 2.45) is 4.99 Å². The van der Waals surface area contributed by atoms with Gasteiger partial charge in [0.2, 0.25) is 5.91 Å². The minimum Gasteiger partial charge on any atom is -0.494 e. The van der Waals surface area contributed by atoms with Gasteiger partial charge in [0.05, 0.1) is 18.1 Å². The number of guanidine groups is 1. The molecule has 0 bridgehead atoms. The summed E-state index contributed by atoms with van der Waals surface area (Å²) in [6, 6.07) is 7.51. The van der Waals surface area contributed by atoms with Gasteiger partial charge in [0.15, 0.2) is 15.8 Å². The first kappa shape index (κ1) is 24.5. The lowest BCUT2D eigenvalue weighted by atomic mass is 10.2. The summed E-state index contributed by atoms with van der Waals surface area (Å²) < 4.78 is 28.4. The number of para-hydroxylation sites is 1. The van der Waals surface area contributed by atoms with Gasteiger partial charge in [-0.2, -0.15) is 0 Å². The third kappa shape index (κ3) is 8.21. The summed E-state index contributed by atoms with van der Waals surface area (Å²) in [4.78, 5) is 16.1. The molecule has 1 aromatic carbocycles. The summed E-state index contributed by atoms with van der Waals surface area (Å²) in [5.41, 5.74) is 1.02. The fraction of sp³-hybridized carbons (Fsp3) is 0.556. The Balaban J connectivity index is 0.00000392. The van der Waals surface area contributed by atoms with Crippen LogP contribution < -0.4 is 20.7 Å². The van der Waals surface area contributed by atoms with Gasteiger partial charge >= 0.3 is 0 Å². The third-order valence-corrected chi connectivity index (χ3v) is 5.95. The number of benzene rings is 1. The molecule has 0 spiro atoms. The highest BCUT2D eigenvalue weighted by molar-refractivity contribution is 14.0. The molecule has 1 aromatic rings. The molecular weight excluding hydrogens is 495 g/mol. The number of carbonyl (C=O) groups is 1. The Labute approximate surface area is 183 Å². The fourth-order valence-electron chi connectivity index (χ4n) is 2.85. The Bertz CT molecular complexity index is 771. The fourth-order valence-corrected chi connectivity index (χ4v) is 4.52. The Kier molecular flexibility index (Phi) is 10.6. The normalized spacial score (nSPS) is 18.1. The summed E-state index contributed by atoms with van der Waals surface area (Å²) in [7, 11) is -1.33. The number of nitrogens with zero attached hydrogens (tertiary/aromatic N) is 1. The van der Waals surface area contributed by atoms with Crippen LogP contribution in [0.2, 0.25) is 0 Å². The van der Waals surface area contributed by atoms with Gasteiger partial charge in [0, 0.05) is 38.2 Å². The third-order valence-electron chi connectivity index (χ3n) is 4.18. The minimum atomic E-state index is -2.99. The number of halogens is 1. The van der Waals surface area contributed by atoms with E-state index in [1.165, 1.54) is 0 Å². The summed E-state index contributed by atoms with van der Waals surface area (Å²) in [6.07, 6.45) is 0.733. The van der Waals surface area contributed by atoms with E-state index in [2.05, 4.69) is 20.9 Å². The average Bonchev–Trinajstić information content (AvgIpc) is 2.97. The zero-order chi connectivity index (χ0) is 19.7. The first-order valence-corrected chi connectivity index (χ1v) is 10.9. The van der Waals surface area contributed by atoms with Gasteiger partial charge in [-0.1, -0.05) is 18.2 Å². The lowest BCUT2D eigenvalue weighted by Gasteiger charge is -2.15. The van der Waals surface area contributed by atoms with E-state index >= 15 is 0 Å². The van der Waals surface area contributed by atoms with E-state index in [0.717, 1.165) is 11.3 Å². The summed E-state index contributed by atoms with van der Waals surface area (Å²) in [5, 5.41) is 9.04. The topological polar surface area (TPSA) is 109 Å². The van der Waals surface area contributed by atoms with Gasteiger partial charge in [-0.15, -0.1) is 24.0 Å². The van der Waals surface area contributed by atoms with Crippen LogP contribution in [0.25, 0.3) is 0 Å². The number of nitrogens with one attached hydrogen (secondary N) is 3. The Morgan fingerprint density at radius 3 is 2.68 bits per heavy atom. The maximum absolute atomic E-state index is 12.0. The predicted octanol–water partition coefficient (Wildman–Crippen LogP) is 1.06. The Morgan fingerprint density at radius 2 is 2.04 bits per heavy atom. The van der Waals surface area contributed by atoms with Crippen molar-refractivity contribution < 1.29 is 17.9 Å². The smallest absolute Gasteiger partial charge is 0.222 e. The molecule has 3 N–H and O–H groups in total. The van der Waals surface area contributed by atoms with Crippen LogP contribution in [-0.2, 0) is 21.2 Å². The second-order valence-corrected chi connectivity index (χ2v) is 8.54. The molecule has 1 heterocycles. The molecule has 0 aliphatic carbocycles. The average molecular weight is 524 g/mol. The number of carbonyl (C=O) groups excluding carboxylic acids is 1. The SMILES string of the molecule is CCOc1ccccc1CNC(=NC)NCCC(=O)NC1CCS(=O)(=O)C1.I. The van der Waals surface area contributed by atoms with E-state index in [0.29, 0.717) is 32.1 Å². The number of hydrogen-bond acceptors (Lipinski definition) is 5. The molecule has 28 heavy (non-hydrogen) atoms. The van der Waals surface area contributed by atoms with Crippen molar-refractivity contribution in [3.05, 3.63) is 29.8 Å². The molecule has 1 atom stereocenters. The van der Waals surface area contributed by atoms with Crippen LogP contribution >= 0.6 is 24.0 Å². The van der Waals surface area contributed by atoms with Crippen LogP contribution in [0.15, 0.2) is 29.3 Å². The summed E-state index contributed by atoms with van der Waals surface area (Å²) in [6.45, 7) is 3.48. The zero-order valence-electron chi connectivity index (χ0n) is 16.2. The largest absolute Gasteiger partial charge is 0.494 e. The van der Waals surface area contributed by atoms with Crippen molar-refractivity contribution in [3.8, 4) is 5.75 Å². The lowest BCUT2D eigenvalue weighted by molar-refractivity contribution is -0.121. The molecule has 1 aliphatic rings. The molecule has 1 fully saturated rings. The van der Waals surface area contributed by atoms with Crippen LogP contribution in [0.5, 0.6) is 5.75 Å². The molecule has 2 rings (SSSR count). The number of aliphatic imine (C=N–C) groups is 1. The highest BCUT2D eigenvalue weighted by Gasteiger charge is 2.28. The summed E-state index contributed by atoms with van der Waals surface area (Å²) >= 11 is 0. The molecule has 8 nitrogen and oxygen atoms in total. The highest BCUT2D eigenvalue weighted by Crippen LogP contribution is 2.17. The van der Waals surface area contributed by atoms with Crippen molar-refractivity contribution in [1.82, 2.24) is 16.0 Å². The second-order valence-electron chi connectivity index (χ2n) is 6.31. The van der Waals surface area contributed by atoms with Crippen molar-refractivity contribution in [2.75, 3.05) is 31.7 Å². The van der Waals surface area contributed by atoms with Gasteiger partial charge < -0.3 is 20.7 Å². The Morgan fingerprint density at radius 1 is 1.29 bits per heavy atom. The van der Waals surface area contributed by atoms with Crippen LogP contribution in [0.4, 0.5) is 0 Å². The van der Waals surface area contributed by atoms with Crippen LogP contribution in [0.3, 0.4) is 0 Å². The van der Waals surface area contributed by atoms with Crippen LogP contribution in [-0.4, -0.2) is 58.0 Å². The molecule has 1 aliphatic heterocycles. The zero-order valence-corrected chi connectivity index (χ0v) is 19.4. The number of amides is 1.